The van der Waals surface area contributed by atoms with Gasteiger partial charge in [0.25, 0.3) is 0 Å². The third-order valence-corrected chi connectivity index (χ3v) is 4.77. The van der Waals surface area contributed by atoms with E-state index in [4.69, 9.17) is 9.47 Å². The molecule has 0 amide bonds. The van der Waals surface area contributed by atoms with Crippen molar-refractivity contribution in [3.8, 4) is 11.5 Å². The van der Waals surface area contributed by atoms with Crippen LogP contribution in [0.3, 0.4) is 0 Å². The smallest absolute Gasteiger partial charge is 0.119 e. The molecule has 2 atom stereocenters. The van der Waals surface area contributed by atoms with E-state index < -0.39 is 12.2 Å². The van der Waals surface area contributed by atoms with Crippen molar-refractivity contribution in [1.29, 1.82) is 0 Å². The monoisotopic (exact) mass is 386 g/mol. The molecule has 2 aromatic rings. The van der Waals surface area contributed by atoms with Gasteiger partial charge in [0.1, 0.15) is 36.9 Å². The van der Waals surface area contributed by atoms with Gasteiger partial charge >= 0.3 is 0 Å². The normalized spacial score (nSPS) is 17.8. The van der Waals surface area contributed by atoms with Crippen LogP contribution in [-0.2, 0) is 0 Å². The molecule has 1 heterocycles. The Balaban J connectivity index is 1.29. The number of rotatable bonds is 10. The molecule has 2 N–H and O–H groups in total. The summed E-state index contributed by atoms with van der Waals surface area (Å²) in [6, 6.07) is 19.1. The van der Waals surface area contributed by atoms with E-state index in [2.05, 4.69) is 9.80 Å². The molecule has 0 unspecified atom stereocenters. The Labute approximate surface area is 166 Å². The molecule has 2 aromatic carbocycles. The summed E-state index contributed by atoms with van der Waals surface area (Å²) in [6.45, 7) is 5.26. The van der Waals surface area contributed by atoms with Gasteiger partial charge in [-0.05, 0) is 24.3 Å². The fraction of sp³-hybridized carbons (Fsp3) is 0.455. The molecule has 0 aromatic heterocycles. The number of aliphatic hydroxyl groups excluding tert-OH is 2. The number of para-hydroxylation sites is 2. The molecule has 1 saturated heterocycles. The van der Waals surface area contributed by atoms with E-state index in [0.29, 0.717) is 26.3 Å². The number of nitrogens with zero attached hydrogens (tertiary/aromatic N) is 2. The van der Waals surface area contributed by atoms with Crippen LogP contribution < -0.4 is 9.47 Å². The van der Waals surface area contributed by atoms with Gasteiger partial charge < -0.3 is 19.7 Å². The molecule has 1 fully saturated rings. The average molecular weight is 386 g/mol. The standard InChI is InChI=1S/C22H30N2O4/c25-19(17-27-21-7-3-1-4-8-21)15-23-11-13-24(14-12-23)16-20(26)18-28-22-9-5-2-6-10-22/h1-10,19-20,25-26H,11-18H2/t19-,20+. The van der Waals surface area contributed by atoms with Crippen molar-refractivity contribution in [2.24, 2.45) is 0 Å². The maximum atomic E-state index is 10.2. The molecule has 0 bridgehead atoms. The number of hydrogen-bond donors (Lipinski definition) is 2. The average Bonchev–Trinajstić information content (AvgIpc) is 2.74. The Hall–Kier alpha value is -2.12. The van der Waals surface area contributed by atoms with Crippen LogP contribution in [0.25, 0.3) is 0 Å². The zero-order valence-corrected chi connectivity index (χ0v) is 16.2. The van der Waals surface area contributed by atoms with Gasteiger partial charge in [-0.3, -0.25) is 9.80 Å². The first kappa shape index (κ1) is 20.6. The summed E-state index contributed by atoms with van der Waals surface area (Å²) in [5.74, 6) is 1.55. The Bertz CT molecular complexity index is 603. The first-order valence-corrected chi connectivity index (χ1v) is 9.85. The Morgan fingerprint density at radius 1 is 0.643 bits per heavy atom. The second-order valence-electron chi connectivity index (χ2n) is 7.16. The van der Waals surface area contributed by atoms with Crippen LogP contribution in [0, 0.1) is 0 Å². The lowest BCUT2D eigenvalue weighted by Crippen LogP contribution is -2.51. The fourth-order valence-electron chi connectivity index (χ4n) is 3.27. The largest absolute Gasteiger partial charge is 0.491 e. The quantitative estimate of drug-likeness (QED) is 0.645. The minimum atomic E-state index is -0.517. The van der Waals surface area contributed by atoms with Gasteiger partial charge in [-0.2, -0.15) is 0 Å². The molecule has 0 spiro atoms. The number of benzene rings is 2. The molecule has 0 radical (unpaired) electrons. The summed E-state index contributed by atoms with van der Waals surface area (Å²) in [6.07, 6.45) is -1.03. The van der Waals surface area contributed by atoms with Crippen molar-refractivity contribution in [3.63, 3.8) is 0 Å². The minimum absolute atomic E-state index is 0.291. The highest BCUT2D eigenvalue weighted by Crippen LogP contribution is 2.11. The van der Waals surface area contributed by atoms with Crippen LogP contribution in [0.15, 0.2) is 60.7 Å². The van der Waals surface area contributed by atoms with Gasteiger partial charge in [0.15, 0.2) is 0 Å². The molecular formula is C22H30N2O4. The van der Waals surface area contributed by atoms with E-state index in [9.17, 15) is 10.2 Å². The summed E-state index contributed by atoms with van der Waals surface area (Å²) < 4.78 is 11.2. The van der Waals surface area contributed by atoms with Crippen LogP contribution >= 0.6 is 0 Å². The minimum Gasteiger partial charge on any atom is -0.491 e. The van der Waals surface area contributed by atoms with Gasteiger partial charge in [0.2, 0.25) is 0 Å². The number of ether oxygens (including phenoxy) is 2. The van der Waals surface area contributed by atoms with Crippen LogP contribution in [0.2, 0.25) is 0 Å². The van der Waals surface area contributed by atoms with Gasteiger partial charge in [0, 0.05) is 39.3 Å². The van der Waals surface area contributed by atoms with Crippen molar-refractivity contribution < 1.29 is 19.7 Å². The molecule has 28 heavy (non-hydrogen) atoms. The number of β-amino-alcohol motifs (C(OH)–C–C–N with tert-alkyl or cyclic N) is 2. The van der Waals surface area contributed by atoms with Gasteiger partial charge in [-0.1, -0.05) is 36.4 Å². The summed E-state index contributed by atoms with van der Waals surface area (Å²) in [7, 11) is 0. The SMILES string of the molecule is O[C@H](COc1ccccc1)CN1CCN(C[C@@H](O)COc2ccccc2)CC1. The summed E-state index contributed by atoms with van der Waals surface area (Å²) in [5, 5.41) is 20.4. The summed E-state index contributed by atoms with van der Waals surface area (Å²) >= 11 is 0. The van der Waals surface area contributed by atoms with E-state index in [1.165, 1.54) is 0 Å². The number of piperazine rings is 1. The maximum Gasteiger partial charge on any atom is 0.119 e. The van der Waals surface area contributed by atoms with E-state index in [1.54, 1.807) is 0 Å². The van der Waals surface area contributed by atoms with Crippen molar-refractivity contribution in [3.05, 3.63) is 60.7 Å². The Morgan fingerprint density at radius 3 is 1.36 bits per heavy atom. The van der Waals surface area contributed by atoms with Crippen molar-refractivity contribution >= 4 is 0 Å². The Morgan fingerprint density at radius 2 is 1.00 bits per heavy atom. The van der Waals surface area contributed by atoms with E-state index in [-0.39, 0.29) is 0 Å². The van der Waals surface area contributed by atoms with Crippen molar-refractivity contribution in [2.45, 2.75) is 12.2 Å². The first-order chi connectivity index (χ1) is 13.7. The van der Waals surface area contributed by atoms with Crippen LogP contribution in [-0.4, -0.2) is 84.7 Å². The lowest BCUT2D eigenvalue weighted by Gasteiger charge is -2.36. The number of aliphatic hydroxyl groups is 2. The molecular weight excluding hydrogens is 356 g/mol. The van der Waals surface area contributed by atoms with Crippen molar-refractivity contribution in [1.82, 2.24) is 9.80 Å². The third kappa shape index (κ3) is 7.13. The zero-order chi connectivity index (χ0) is 19.6. The van der Waals surface area contributed by atoms with Crippen molar-refractivity contribution in [2.75, 3.05) is 52.5 Å². The van der Waals surface area contributed by atoms with Gasteiger partial charge in [-0.25, -0.2) is 0 Å². The van der Waals surface area contributed by atoms with E-state index >= 15 is 0 Å². The van der Waals surface area contributed by atoms with E-state index in [0.717, 1.165) is 37.7 Å². The molecule has 3 rings (SSSR count). The second kappa shape index (κ2) is 11.0. The Kier molecular flexibility index (Phi) is 8.11. The van der Waals surface area contributed by atoms with E-state index in [1.807, 2.05) is 60.7 Å². The molecule has 6 heteroatoms. The predicted molar refractivity (Wildman–Crippen MR) is 109 cm³/mol. The second-order valence-corrected chi connectivity index (χ2v) is 7.16. The predicted octanol–water partition coefficient (Wildman–Crippen LogP) is 1.48. The van der Waals surface area contributed by atoms with Crippen LogP contribution in [0.4, 0.5) is 0 Å². The molecule has 0 aliphatic carbocycles. The highest BCUT2D eigenvalue weighted by atomic mass is 16.5. The maximum absolute atomic E-state index is 10.2. The van der Waals surface area contributed by atoms with Gasteiger partial charge in [0.05, 0.1) is 0 Å². The van der Waals surface area contributed by atoms with Gasteiger partial charge in [-0.15, -0.1) is 0 Å². The lowest BCUT2D eigenvalue weighted by atomic mass is 10.2. The molecule has 1 aliphatic heterocycles. The third-order valence-electron chi connectivity index (χ3n) is 4.77. The molecule has 6 nitrogen and oxygen atoms in total. The highest BCUT2D eigenvalue weighted by Gasteiger charge is 2.21. The first-order valence-electron chi connectivity index (χ1n) is 9.85. The summed E-state index contributed by atoms with van der Waals surface area (Å²) in [5.41, 5.74) is 0. The number of hydrogen-bond acceptors (Lipinski definition) is 6. The van der Waals surface area contributed by atoms with Crippen LogP contribution in [0.5, 0.6) is 11.5 Å². The lowest BCUT2D eigenvalue weighted by molar-refractivity contribution is 0.0240. The molecule has 0 saturated carbocycles. The highest BCUT2D eigenvalue weighted by molar-refractivity contribution is 5.21. The summed E-state index contributed by atoms with van der Waals surface area (Å²) in [4.78, 5) is 4.48. The zero-order valence-electron chi connectivity index (χ0n) is 16.2. The fourth-order valence-corrected chi connectivity index (χ4v) is 3.27. The van der Waals surface area contributed by atoms with Crippen LogP contribution in [0.1, 0.15) is 0 Å². The molecule has 1 aliphatic rings. The molecule has 152 valence electrons. The topological polar surface area (TPSA) is 65.4 Å².